The van der Waals surface area contributed by atoms with E-state index in [4.69, 9.17) is 4.74 Å². The Morgan fingerprint density at radius 1 is 1.06 bits per heavy atom. The quantitative estimate of drug-likeness (QED) is 0.893. The van der Waals surface area contributed by atoms with Crippen molar-refractivity contribution >= 4 is 5.97 Å². The molecule has 18 heavy (non-hydrogen) atoms. The van der Waals surface area contributed by atoms with Gasteiger partial charge in [-0.2, -0.15) is 0 Å². The van der Waals surface area contributed by atoms with Crippen LogP contribution in [0.15, 0.2) is 48.5 Å². The molecule has 3 nitrogen and oxygen atoms in total. The molecule has 0 aromatic heterocycles. The third-order valence-corrected chi connectivity index (χ3v) is 2.63. The summed E-state index contributed by atoms with van der Waals surface area (Å²) in [7, 11) is 0. The predicted molar refractivity (Wildman–Crippen MR) is 70.0 cm³/mol. The summed E-state index contributed by atoms with van der Waals surface area (Å²) in [6, 6.07) is 14.4. The molecule has 0 spiro atoms. The van der Waals surface area contributed by atoms with Gasteiger partial charge in [-0.05, 0) is 24.6 Å². The first-order valence-electron chi connectivity index (χ1n) is 5.78. The summed E-state index contributed by atoms with van der Waals surface area (Å²) in [5.74, 6) is -0.231. The first-order chi connectivity index (χ1) is 8.74. The van der Waals surface area contributed by atoms with E-state index in [1.807, 2.05) is 37.3 Å². The highest BCUT2D eigenvalue weighted by molar-refractivity contribution is 5.96. The van der Waals surface area contributed by atoms with Crippen molar-refractivity contribution in [1.82, 2.24) is 0 Å². The highest BCUT2D eigenvalue weighted by atomic mass is 16.5. The van der Waals surface area contributed by atoms with Crippen LogP contribution in [-0.4, -0.2) is 17.7 Å². The molecule has 2 aromatic rings. The van der Waals surface area contributed by atoms with Gasteiger partial charge in [-0.15, -0.1) is 0 Å². The van der Waals surface area contributed by atoms with E-state index in [2.05, 4.69) is 0 Å². The van der Waals surface area contributed by atoms with Crippen molar-refractivity contribution in [2.24, 2.45) is 0 Å². The van der Waals surface area contributed by atoms with Crippen molar-refractivity contribution in [2.75, 3.05) is 6.61 Å². The van der Waals surface area contributed by atoms with Crippen molar-refractivity contribution in [3.63, 3.8) is 0 Å². The van der Waals surface area contributed by atoms with Crippen LogP contribution in [0.1, 0.15) is 17.3 Å². The molecule has 0 unspecified atom stereocenters. The van der Waals surface area contributed by atoms with Crippen LogP contribution < -0.4 is 4.74 Å². The fraction of sp³-hybridized carbons (Fsp3) is 0.133. The Labute approximate surface area is 106 Å². The summed E-state index contributed by atoms with van der Waals surface area (Å²) in [6.45, 7) is 2.45. The summed E-state index contributed by atoms with van der Waals surface area (Å²) >= 11 is 0. The van der Waals surface area contributed by atoms with Gasteiger partial charge in [-0.1, -0.05) is 36.4 Å². The van der Waals surface area contributed by atoms with Gasteiger partial charge >= 0.3 is 5.97 Å². The standard InChI is InChI=1S/C15H14O3/c1-2-18-14-10-6-5-8-12(14)11-7-3-4-9-13(11)15(16)17/h3-10H,2H2,1H3,(H,16,17). The van der Waals surface area contributed by atoms with Crippen molar-refractivity contribution in [1.29, 1.82) is 0 Å². The Hall–Kier alpha value is -2.29. The fourth-order valence-electron chi connectivity index (χ4n) is 1.87. The normalized spacial score (nSPS) is 10.1. The second-order valence-electron chi connectivity index (χ2n) is 3.78. The molecule has 2 rings (SSSR count). The molecular formula is C15H14O3. The summed E-state index contributed by atoms with van der Waals surface area (Å²) in [5.41, 5.74) is 1.76. The van der Waals surface area contributed by atoms with E-state index in [9.17, 15) is 9.90 Å². The third kappa shape index (κ3) is 2.35. The van der Waals surface area contributed by atoms with Gasteiger partial charge in [0.2, 0.25) is 0 Å². The molecule has 0 atom stereocenters. The Bertz CT molecular complexity index is 561. The summed E-state index contributed by atoms with van der Waals surface area (Å²) in [6.07, 6.45) is 0. The summed E-state index contributed by atoms with van der Waals surface area (Å²) in [5, 5.41) is 9.21. The van der Waals surface area contributed by atoms with Crippen molar-refractivity contribution in [3.05, 3.63) is 54.1 Å². The first kappa shape index (κ1) is 12.2. The van der Waals surface area contributed by atoms with Crippen molar-refractivity contribution < 1.29 is 14.6 Å². The van der Waals surface area contributed by atoms with Crippen LogP contribution >= 0.6 is 0 Å². The zero-order valence-corrected chi connectivity index (χ0v) is 10.1. The van der Waals surface area contributed by atoms with Gasteiger partial charge in [0.15, 0.2) is 0 Å². The van der Waals surface area contributed by atoms with E-state index >= 15 is 0 Å². The minimum Gasteiger partial charge on any atom is -0.493 e. The highest BCUT2D eigenvalue weighted by Crippen LogP contribution is 2.32. The van der Waals surface area contributed by atoms with Gasteiger partial charge in [-0.3, -0.25) is 0 Å². The average Bonchev–Trinajstić information content (AvgIpc) is 2.40. The van der Waals surface area contributed by atoms with Gasteiger partial charge in [0.1, 0.15) is 5.75 Å². The van der Waals surface area contributed by atoms with Gasteiger partial charge in [-0.25, -0.2) is 4.79 Å². The Morgan fingerprint density at radius 2 is 1.67 bits per heavy atom. The molecule has 0 amide bonds. The number of carbonyl (C=O) groups is 1. The highest BCUT2D eigenvalue weighted by Gasteiger charge is 2.13. The molecule has 2 aromatic carbocycles. The second-order valence-corrected chi connectivity index (χ2v) is 3.78. The van der Waals surface area contributed by atoms with Crippen molar-refractivity contribution in [2.45, 2.75) is 6.92 Å². The van der Waals surface area contributed by atoms with E-state index in [0.717, 1.165) is 5.56 Å². The molecule has 3 heteroatoms. The topological polar surface area (TPSA) is 46.5 Å². The van der Waals surface area contributed by atoms with E-state index in [-0.39, 0.29) is 5.56 Å². The van der Waals surface area contributed by atoms with Crippen LogP contribution in [0.4, 0.5) is 0 Å². The number of carboxylic acid groups (broad SMARTS) is 1. The Kier molecular flexibility index (Phi) is 3.63. The van der Waals surface area contributed by atoms with Crippen LogP contribution in [-0.2, 0) is 0 Å². The zero-order chi connectivity index (χ0) is 13.0. The molecule has 0 bridgehead atoms. The largest absolute Gasteiger partial charge is 0.493 e. The van der Waals surface area contributed by atoms with Crippen LogP contribution in [0.5, 0.6) is 5.75 Å². The molecule has 0 radical (unpaired) electrons. The van der Waals surface area contributed by atoms with Crippen LogP contribution in [0.2, 0.25) is 0 Å². The molecule has 0 saturated carbocycles. The van der Waals surface area contributed by atoms with Crippen LogP contribution in [0, 0.1) is 0 Å². The SMILES string of the molecule is CCOc1ccccc1-c1ccccc1C(=O)O. The lowest BCUT2D eigenvalue weighted by Gasteiger charge is -2.11. The fourth-order valence-corrected chi connectivity index (χ4v) is 1.87. The number of para-hydroxylation sites is 1. The maximum Gasteiger partial charge on any atom is 0.336 e. The number of benzene rings is 2. The van der Waals surface area contributed by atoms with Crippen LogP contribution in [0.3, 0.4) is 0 Å². The summed E-state index contributed by atoms with van der Waals surface area (Å²) in [4.78, 5) is 11.2. The molecule has 0 aliphatic heterocycles. The zero-order valence-electron chi connectivity index (χ0n) is 10.1. The maximum atomic E-state index is 11.2. The Morgan fingerprint density at radius 3 is 2.33 bits per heavy atom. The molecule has 0 fully saturated rings. The monoisotopic (exact) mass is 242 g/mol. The lowest BCUT2D eigenvalue weighted by Crippen LogP contribution is -2.01. The van der Waals surface area contributed by atoms with E-state index < -0.39 is 5.97 Å². The molecule has 0 aliphatic rings. The molecule has 92 valence electrons. The molecule has 0 saturated heterocycles. The van der Waals surface area contributed by atoms with Crippen LogP contribution in [0.25, 0.3) is 11.1 Å². The Balaban J connectivity index is 2.58. The van der Waals surface area contributed by atoms with Gasteiger partial charge in [0, 0.05) is 5.56 Å². The summed E-state index contributed by atoms with van der Waals surface area (Å²) < 4.78 is 5.53. The average molecular weight is 242 g/mol. The smallest absolute Gasteiger partial charge is 0.336 e. The van der Waals surface area contributed by atoms with E-state index in [1.54, 1.807) is 18.2 Å². The number of ether oxygens (including phenoxy) is 1. The van der Waals surface area contributed by atoms with E-state index in [0.29, 0.717) is 17.9 Å². The van der Waals surface area contributed by atoms with Gasteiger partial charge in [0.25, 0.3) is 0 Å². The first-order valence-corrected chi connectivity index (χ1v) is 5.78. The van der Waals surface area contributed by atoms with E-state index in [1.165, 1.54) is 0 Å². The maximum absolute atomic E-state index is 11.2. The number of aromatic carboxylic acids is 1. The number of carboxylic acids is 1. The minimum absolute atomic E-state index is 0.282. The molecule has 0 heterocycles. The van der Waals surface area contributed by atoms with Crippen molar-refractivity contribution in [3.8, 4) is 16.9 Å². The molecule has 0 aliphatic carbocycles. The number of hydrogen-bond donors (Lipinski definition) is 1. The molecule has 1 N–H and O–H groups in total. The lowest BCUT2D eigenvalue weighted by atomic mass is 9.99. The second kappa shape index (κ2) is 5.36. The molecular weight excluding hydrogens is 228 g/mol. The number of hydrogen-bond acceptors (Lipinski definition) is 2. The third-order valence-electron chi connectivity index (χ3n) is 2.63. The number of rotatable bonds is 4. The predicted octanol–water partition coefficient (Wildman–Crippen LogP) is 3.45. The van der Waals surface area contributed by atoms with Gasteiger partial charge < -0.3 is 9.84 Å². The lowest BCUT2D eigenvalue weighted by molar-refractivity contribution is 0.0698. The minimum atomic E-state index is -0.933. The van der Waals surface area contributed by atoms with Gasteiger partial charge in [0.05, 0.1) is 12.2 Å².